The molecule has 6 rings (SSSR count). The van der Waals surface area contributed by atoms with Crippen LogP contribution in [0.5, 0.6) is 0 Å². The summed E-state index contributed by atoms with van der Waals surface area (Å²) in [6, 6.07) is 10.6. The average molecular weight is 490 g/mol. The molecule has 7 heteroatoms. The quantitative estimate of drug-likeness (QED) is 0.518. The van der Waals surface area contributed by atoms with Gasteiger partial charge in [-0.15, -0.1) is 11.3 Å². The standard InChI is InChI=1S/C28H35N5OS/c1-30-13-6-16-31(18-17-30)22-9-11-23(12-10-22)33-20-29-24-19-25(35-27(24)28(33)34)26(21-7-5-8-21)32-14-3-2-4-15-32/h9-12,19-20H,2-8,13-18H2,1H3. The van der Waals surface area contributed by atoms with Gasteiger partial charge in [-0.25, -0.2) is 4.98 Å². The SMILES string of the molecule is CN1CCCN(c2ccc(-n3cnc4cc(C(=C5CCC5)N5CCCCC5)sc4c3=O)cc2)CC1. The Balaban J connectivity index is 1.30. The minimum atomic E-state index is 0.0343. The summed E-state index contributed by atoms with van der Waals surface area (Å²) in [5.74, 6) is 0. The average Bonchev–Trinajstić information content (AvgIpc) is 3.17. The summed E-state index contributed by atoms with van der Waals surface area (Å²) in [6.07, 6.45) is 10.4. The summed E-state index contributed by atoms with van der Waals surface area (Å²) in [4.78, 5) is 26.9. The van der Waals surface area contributed by atoms with Crippen LogP contribution in [0.25, 0.3) is 21.6 Å². The molecule has 0 unspecified atom stereocenters. The minimum absolute atomic E-state index is 0.0343. The van der Waals surface area contributed by atoms with Crippen molar-refractivity contribution in [2.24, 2.45) is 0 Å². The smallest absolute Gasteiger partial charge is 0.275 e. The van der Waals surface area contributed by atoms with Crippen molar-refractivity contribution in [3.8, 4) is 5.69 Å². The number of hydrogen-bond acceptors (Lipinski definition) is 6. The second-order valence-corrected chi connectivity index (χ2v) is 11.3. The Bertz CT molecular complexity index is 1280. The van der Waals surface area contributed by atoms with Crippen LogP contribution in [-0.2, 0) is 0 Å². The summed E-state index contributed by atoms with van der Waals surface area (Å²) in [6.45, 7) is 6.60. The van der Waals surface area contributed by atoms with Crippen LogP contribution < -0.4 is 10.5 Å². The van der Waals surface area contributed by atoms with E-state index in [4.69, 9.17) is 4.98 Å². The molecule has 2 aliphatic heterocycles. The first kappa shape index (κ1) is 22.8. The molecule has 2 saturated heterocycles. The van der Waals surface area contributed by atoms with E-state index < -0.39 is 0 Å². The van der Waals surface area contributed by atoms with Crippen LogP contribution in [0, 0.1) is 0 Å². The van der Waals surface area contributed by atoms with E-state index in [0.29, 0.717) is 0 Å². The number of aromatic nitrogens is 2. The fraction of sp³-hybridized carbons (Fsp3) is 0.500. The maximum Gasteiger partial charge on any atom is 0.275 e. The van der Waals surface area contributed by atoms with Gasteiger partial charge in [0.1, 0.15) is 11.0 Å². The van der Waals surface area contributed by atoms with Crippen LogP contribution in [0.2, 0.25) is 0 Å². The number of likely N-dealkylation sites (tertiary alicyclic amines) is 1. The monoisotopic (exact) mass is 489 g/mol. The molecule has 1 saturated carbocycles. The second kappa shape index (κ2) is 9.78. The lowest BCUT2D eigenvalue weighted by atomic mass is 9.89. The Morgan fingerprint density at radius 1 is 0.857 bits per heavy atom. The van der Waals surface area contributed by atoms with Crippen LogP contribution in [0.3, 0.4) is 0 Å². The molecule has 0 atom stereocenters. The molecule has 0 spiro atoms. The van der Waals surface area contributed by atoms with Crippen LogP contribution >= 0.6 is 11.3 Å². The maximum absolute atomic E-state index is 13.6. The topological polar surface area (TPSA) is 44.6 Å². The van der Waals surface area contributed by atoms with Crippen molar-refractivity contribution in [2.75, 3.05) is 51.2 Å². The van der Waals surface area contributed by atoms with Crippen LogP contribution in [0.4, 0.5) is 5.69 Å². The first-order chi connectivity index (χ1) is 17.2. The van der Waals surface area contributed by atoms with E-state index in [2.05, 4.69) is 52.1 Å². The number of allylic oxidation sites excluding steroid dienone is 1. The molecule has 1 aliphatic carbocycles. The van der Waals surface area contributed by atoms with E-state index >= 15 is 0 Å². The van der Waals surface area contributed by atoms with Gasteiger partial charge in [-0.1, -0.05) is 0 Å². The first-order valence-corrected chi connectivity index (χ1v) is 14.0. The summed E-state index contributed by atoms with van der Waals surface area (Å²) < 4.78 is 2.47. The van der Waals surface area contributed by atoms with Gasteiger partial charge in [0.05, 0.1) is 21.8 Å². The van der Waals surface area contributed by atoms with Gasteiger partial charge in [-0.3, -0.25) is 9.36 Å². The number of anilines is 1. The maximum atomic E-state index is 13.6. The highest BCUT2D eigenvalue weighted by Gasteiger charge is 2.25. The zero-order valence-electron chi connectivity index (χ0n) is 20.7. The number of hydrogen-bond donors (Lipinski definition) is 0. The van der Waals surface area contributed by atoms with Crippen molar-refractivity contribution in [1.29, 1.82) is 0 Å². The van der Waals surface area contributed by atoms with Gasteiger partial charge in [-0.2, -0.15) is 0 Å². The second-order valence-electron chi connectivity index (χ2n) is 10.3. The lowest BCUT2D eigenvalue weighted by molar-refractivity contribution is 0.322. The van der Waals surface area contributed by atoms with Crippen molar-refractivity contribution >= 4 is 32.9 Å². The van der Waals surface area contributed by atoms with E-state index in [1.165, 1.54) is 61.2 Å². The summed E-state index contributed by atoms with van der Waals surface area (Å²) in [5.41, 5.74) is 5.93. The molecule has 0 N–H and O–H groups in total. The van der Waals surface area contributed by atoms with E-state index in [9.17, 15) is 4.79 Å². The Labute approximate surface area is 211 Å². The number of thiophene rings is 1. The highest BCUT2D eigenvalue weighted by Crippen LogP contribution is 2.40. The van der Waals surface area contributed by atoms with Gasteiger partial charge in [0, 0.05) is 38.4 Å². The third-order valence-electron chi connectivity index (χ3n) is 7.85. The molecule has 0 bridgehead atoms. The Morgan fingerprint density at radius 2 is 1.63 bits per heavy atom. The zero-order valence-corrected chi connectivity index (χ0v) is 21.5. The Kier molecular flexibility index (Phi) is 6.37. The van der Waals surface area contributed by atoms with Gasteiger partial charge in [0.2, 0.25) is 0 Å². The minimum Gasteiger partial charge on any atom is -0.370 e. The Hall–Kier alpha value is -2.64. The van der Waals surface area contributed by atoms with E-state index in [-0.39, 0.29) is 5.56 Å². The molecule has 184 valence electrons. The van der Waals surface area contributed by atoms with Gasteiger partial charge in [0.15, 0.2) is 0 Å². The normalized spacial score (nSPS) is 19.6. The number of fused-ring (bicyclic) bond motifs is 1. The van der Waals surface area contributed by atoms with Crippen molar-refractivity contribution in [1.82, 2.24) is 19.4 Å². The van der Waals surface area contributed by atoms with E-state index in [0.717, 1.165) is 55.2 Å². The van der Waals surface area contributed by atoms with Gasteiger partial charge in [-0.05, 0) is 94.4 Å². The van der Waals surface area contributed by atoms with Crippen LogP contribution in [0.15, 0.2) is 47.0 Å². The fourth-order valence-electron chi connectivity index (χ4n) is 5.60. The molecule has 0 radical (unpaired) electrons. The molecule has 3 aliphatic rings. The van der Waals surface area contributed by atoms with Crippen LogP contribution in [-0.4, -0.2) is 65.7 Å². The molecule has 2 aromatic heterocycles. The molecule has 3 aromatic rings. The molecule has 3 fully saturated rings. The summed E-state index contributed by atoms with van der Waals surface area (Å²) >= 11 is 1.63. The molecule has 35 heavy (non-hydrogen) atoms. The van der Waals surface area contributed by atoms with E-state index in [1.54, 1.807) is 27.8 Å². The predicted octanol–water partition coefficient (Wildman–Crippen LogP) is 4.97. The number of likely N-dealkylation sites (N-methyl/N-ethyl adjacent to an activating group) is 1. The number of rotatable bonds is 4. The number of piperidine rings is 1. The lowest BCUT2D eigenvalue weighted by Gasteiger charge is -2.35. The van der Waals surface area contributed by atoms with Crippen molar-refractivity contribution in [2.45, 2.75) is 44.9 Å². The van der Waals surface area contributed by atoms with Crippen molar-refractivity contribution in [3.05, 3.63) is 57.5 Å². The highest BCUT2D eigenvalue weighted by atomic mass is 32.1. The van der Waals surface area contributed by atoms with E-state index in [1.807, 2.05) is 0 Å². The molecular formula is C28H35N5OS. The van der Waals surface area contributed by atoms with Gasteiger partial charge in [0.25, 0.3) is 5.56 Å². The molecule has 0 amide bonds. The largest absolute Gasteiger partial charge is 0.370 e. The number of nitrogens with zero attached hydrogens (tertiary/aromatic N) is 5. The summed E-state index contributed by atoms with van der Waals surface area (Å²) in [7, 11) is 2.19. The summed E-state index contributed by atoms with van der Waals surface area (Å²) in [5, 5.41) is 0. The highest BCUT2D eigenvalue weighted by molar-refractivity contribution is 7.19. The molecule has 6 nitrogen and oxygen atoms in total. The predicted molar refractivity (Wildman–Crippen MR) is 146 cm³/mol. The van der Waals surface area contributed by atoms with Crippen molar-refractivity contribution in [3.63, 3.8) is 0 Å². The third kappa shape index (κ3) is 4.52. The first-order valence-electron chi connectivity index (χ1n) is 13.2. The van der Waals surface area contributed by atoms with Crippen molar-refractivity contribution < 1.29 is 0 Å². The fourth-order valence-corrected chi connectivity index (χ4v) is 6.77. The zero-order chi connectivity index (χ0) is 23.8. The third-order valence-corrected chi connectivity index (χ3v) is 8.97. The van der Waals surface area contributed by atoms with Gasteiger partial charge >= 0.3 is 0 Å². The Morgan fingerprint density at radius 3 is 2.37 bits per heavy atom. The number of benzene rings is 1. The molecular weight excluding hydrogens is 454 g/mol. The molecule has 1 aromatic carbocycles. The lowest BCUT2D eigenvalue weighted by Crippen LogP contribution is -2.29. The van der Waals surface area contributed by atoms with Gasteiger partial charge < -0.3 is 14.7 Å². The van der Waals surface area contributed by atoms with Crippen LogP contribution in [0.1, 0.15) is 49.8 Å². The molecule has 4 heterocycles.